The topological polar surface area (TPSA) is 74.8 Å². The summed E-state index contributed by atoms with van der Waals surface area (Å²) in [6.45, 7) is 0.102. The molecule has 0 aliphatic rings. The summed E-state index contributed by atoms with van der Waals surface area (Å²) in [6, 6.07) is 14.7. The Hall–Kier alpha value is -2.43. The van der Waals surface area contributed by atoms with Gasteiger partial charge in [-0.05, 0) is 18.6 Å². The number of guanidine groups is 1. The van der Waals surface area contributed by atoms with Crippen molar-refractivity contribution in [3.05, 3.63) is 65.2 Å². The number of benzene rings is 2. The van der Waals surface area contributed by atoms with Crippen molar-refractivity contribution in [1.29, 1.82) is 0 Å². The van der Waals surface area contributed by atoms with Gasteiger partial charge in [-0.2, -0.15) is 8.78 Å². The molecule has 30 heavy (non-hydrogen) atoms. The van der Waals surface area contributed by atoms with Crippen LogP contribution in [0.1, 0.15) is 23.1 Å². The number of nitrogens with zero attached hydrogens (tertiary/aromatic N) is 1. The van der Waals surface area contributed by atoms with Crippen LogP contribution in [-0.2, 0) is 17.9 Å². The first-order chi connectivity index (χ1) is 14.0. The third-order valence-corrected chi connectivity index (χ3v) is 4.08. The van der Waals surface area contributed by atoms with Gasteiger partial charge < -0.3 is 20.7 Å². The minimum atomic E-state index is -2.89. The highest BCUT2D eigenvalue weighted by Gasteiger charge is 2.10. The molecule has 0 aliphatic carbocycles. The normalized spacial score (nSPS) is 10.9. The highest BCUT2D eigenvalue weighted by molar-refractivity contribution is 14.0. The molecular formula is C21H27F2IN4O2. The van der Waals surface area contributed by atoms with Gasteiger partial charge in [0, 0.05) is 38.7 Å². The standard InChI is InChI=1S/C21H26F2N4O2.HI/c1-15-8-9-18(29-20(22)23)17(12-15)14-27-21(24-2)25-11-10-19(28)26-13-16-6-4-3-5-7-16;/h3-9,12,20H,10-11,13-14H2,1-2H3,(H,26,28)(H2,24,25,27);1H. The monoisotopic (exact) mass is 532 g/mol. The van der Waals surface area contributed by atoms with E-state index in [0.717, 1.165) is 11.1 Å². The van der Waals surface area contributed by atoms with Crippen molar-refractivity contribution in [3.63, 3.8) is 0 Å². The lowest BCUT2D eigenvalue weighted by molar-refractivity contribution is -0.121. The molecule has 1 amide bonds. The van der Waals surface area contributed by atoms with Crippen LogP contribution in [0, 0.1) is 6.92 Å². The number of nitrogens with one attached hydrogen (secondary N) is 3. The molecule has 2 rings (SSSR count). The summed E-state index contributed by atoms with van der Waals surface area (Å²) < 4.78 is 29.7. The van der Waals surface area contributed by atoms with E-state index in [4.69, 9.17) is 0 Å². The molecule has 0 atom stereocenters. The largest absolute Gasteiger partial charge is 0.434 e. The first-order valence-electron chi connectivity index (χ1n) is 9.27. The van der Waals surface area contributed by atoms with Crippen molar-refractivity contribution in [2.45, 2.75) is 33.0 Å². The third kappa shape index (κ3) is 9.38. The van der Waals surface area contributed by atoms with Crippen LogP contribution < -0.4 is 20.7 Å². The average Bonchev–Trinajstić information content (AvgIpc) is 2.71. The predicted molar refractivity (Wildman–Crippen MR) is 124 cm³/mol. The van der Waals surface area contributed by atoms with Crippen molar-refractivity contribution in [2.24, 2.45) is 4.99 Å². The van der Waals surface area contributed by atoms with Gasteiger partial charge in [-0.25, -0.2) is 0 Å². The Bertz CT molecular complexity index is 820. The molecule has 0 bridgehead atoms. The fourth-order valence-corrected chi connectivity index (χ4v) is 2.64. The number of halogens is 3. The molecule has 9 heteroatoms. The number of aliphatic imine (C=N–C) groups is 1. The van der Waals surface area contributed by atoms with E-state index in [0.29, 0.717) is 24.6 Å². The Morgan fingerprint density at radius 3 is 2.47 bits per heavy atom. The van der Waals surface area contributed by atoms with E-state index in [2.05, 4.69) is 25.7 Å². The van der Waals surface area contributed by atoms with Crippen molar-refractivity contribution < 1.29 is 18.3 Å². The van der Waals surface area contributed by atoms with Gasteiger partial charge in [0.25, 0.3) is 0 Å². The molecular weight excluding hydrogens is 505 g/mol. The third-order valence-electron chi connectivity index (χ3n) is 4.08. The molecule has 0 aliphatic heterocycles. The van der Waals surface area contributed by atoms with Gasteiger partial charge in [-0.15, -0.1) is 24.0 Å². The lowest BCUT2D eigenvalue weighted by Crippen LogP contribution is -2.39. The molecule has 0 spiro atoms. The zero-order valence-corrected chi connectivity index (χ0v) is 19.3. The van der Waals surface area contributed by atoms with Crippen LogP contribution in [0.3, 0.4) is 0 Å². The van der Waals surface area contributed by atoms with Gasteiger partial charge in [-0.3, -0.25) is 9.79 Å². The molecule has 164 valence electrons. The van der Waals surface area contributed by atoms with E-state index in [1.807, 2.05) is 37.3 Å². The van der Waals surface area contributed by atoms with Gasteiger partial charge in [0.1, 0.15) is 5.75 Å². The highest BCUT2D eigenvalue weighted by atomic mass is 127. The number of hydrogen-bond acceptors (Lipinski definition) is 3. The molecule has 6 nitrogen and oxygen atoms in total. The summed E-state index contributed by atoms with van der Waals surface area (Å²) in [5.41, 5.74) is 2.56. The van der Waals surface area contributed by atoms with Crippen LogP contribution in [0.4, 0.5) is 8.78 Å². The van der Waals surface area contributed by atoms with E-state index in [1.54, 1.807) is 19.2 Å². The lowest BCUT2D eigenvalue weighted by Gasteiger charge is -2.15. The van der Waals surface area contributed by atoms with E-state index >= 15 is 0 Å². The number of alkyl halides is 2. The zero-order valence-electron chi connectivity index (χ0n) is 17.0. The van der Waals surface area contributed by atoms with Gasteiger partial charge in [0.05, 0.1) is 0 Å². The second kappa shape index (κ2) is 13.7. The molecule has 0 saturated carbocycles. The number of amides is 1. The molecule has 0 fully saturated rings. The summed E-state index contributed by atoms with van der Waals surface area (Å²) in [5, 5.41) is 8.93. The minimum Gasteiger partial charge on any atom is -0.434 e. The minimum absolute atomic E-state index is 0. The Morgan fingerprint density at radius 1 is 1.07 bits per heavy atom. The van der Waals surface area contributed by atoms with Gasteiger partial charge in [0.15, 0.2) is 5.96 Å². The van der Waals surface area contributed by atoms with Crippen LogP contribution in [-0.4, -0.2) is 32.1 Å². The number of hydrogen-bond donors (Lipinski definition) is 3. The number of aryl methyl sites for hydroxylation is 1. The van der Waals surface area contributed by atoms with E-state index in [-0.39, 0.29) is 48.6 Å². The predicted octanol–water partition coefficient (Wildman–Crippen LogP) is 3.59. The molecule has 0 radical (unpaired) electrons. The fourth-order valence-electron chi connectivity index (χ4n) is 2.64. The Balaban J connectivity index is 0.00000450. The van der Waals surface area contributed by atoms with Crippen LogP contribution in [0.15, 0.2) is 53.5 Å². The summed E-state index contributed by atoms with van der Waals surface area (Å²) >= 11 is 0. The Labute approximate surface area is 192 Å². The van der Waals surface area contributed by atoms with Crippen LogP contribution in [0.5, 0.6) is 5.75 Å². The SMILES string of the molecule is CN=C(NCCC(=O)NCc1ccccc1)NCc1cc(C)ccc1OC(F)F.I. The Morgan fingerprint density at radius 2 is 1.80 bits per heavy atom. The number of rotatable bonds is 9. The van der Waals surface area contributed by atoms with Crippen molar-refractivity contribution in [2.75, 3.05) is 13.6 Å². The van der Waals surface area contributed by atoms with Crippen LogP contribution in [0.25, 0.3) is 0 Å². The number of ether oxygens (including phenoxy) is 1. The van der Waals surface area contributed by atoms with E-state index < -0.39 is 6.61 Å². The van der Waals surface area contributed by atoms with Crippen LogP contribution in [0.2, 0.25) is 0 Å². The first-order valence-corrected chi connectivity index (χ1v) is 9.27. The van der Waals surface area contributed by atoms with E-state index in [1.165, 1.54) is 6.07 Å². The second-order valence-corrected chi connectivity index (χ2v) is 6.35. The summed E-state index contributed by atoms with van der Waals surface area (Å²) in [6.07, 6.45) is 0.276. The fraction of sp³-hybridized carbons (Fsp3) is 0.333. The Kier molecular flexibility index (Phi) is 11.7. The lowest BCUT2D eigenvalue weighted by atomic mass is 10.1. The maximum absolute atomic E-state index is 12.6. The molecule has 2 aromatic carbocycles. The summed E-state index contributed by atoms with van der Waals surface area (Å²) in [7, 11) is 1.59. The quantitative estimate of drug-likeness (QED) is 0.262. The number of carbonyl (C=O) groups excluding carboxylic acids is 1. The summed E-state index contributed by atoms with van der Waals surface area (Å²) in [5.74, 6) is 0.502. The van der Waals surface area contributed by atoms with Crippen molar-refractivity contribution in [3.8, 4) is 5.75 Å². The molecule has 2 aromatic rings. The molecule has 0 saturated heterocycles. The molecule has 3 N–H and O–H groups in total. The zero-order chi connectivity index (χ0) is 21.1. The van der Waals surface area contributed by atoms with E-state index in [9.17, 15) is 13.6 Å². The van der Waals surface area contributed by atoms with Gasteiger partial charge in [0.2, 0.25) is 5.91 Å². The first kappa shape index (κ1) is 25.6. The average molecular weight is 532 g/mol. The molecule has 0 heterocycles. The molecule has 0 aromatic heterocycles. The second-order valence-electron chi connectivity index (χ2n) is 6.35. The van der Waals surface area contributed by atoms with Gasteiger partial charge >= 0.3 is 6.61 Å². The molecule has 0 unspecified atom stereocenters. The van der Waals surface area contributed by atoms with Crippen molar-refractivity contribution in [1.82, 2.24) is 16.0 Å². The summed E-state index contributed by atoms with van der Waals surface area (Å²) in [4.78, 5) is 16.0. The van der Waals surface area contributed by atoms with Gasteiger partial charge in [-0.1, -0.05) is 48.0 Å². The number of carbonyl (C=O) groups is 1. The smallest absolute Gasteiger partial charge is 0.387 e. The highest BCUT2D eigenvalue weighted by Crippen LogP contribution is 2.21. The maximum Gasteiger partial charge on any atom is 0.387 e. The van der Waals surface area contributed by atoms with Crippen molar-refractivity contribution >= 4 is 35.8 Å². The maximum atomic E-state index is 12.6. The van der Waals surface area contributed by atoms with Crippen LogP contribution >= 0.6 is 24.0 Å².